The lowest BCUT2D eigenvalue weighted by molar-refractivity contribution is 0.00164. The van der Waals surface area contributed by atoms with E-state index in [-0.39, 0.29) is 40.1 Å². The zero-order chi connectivity index (χ0) is 14.1. The van der Waals surface area contributed by atoms with Crippen molar-refractivity contribution in [2.45, 2.75) is 31.2 Å². The lowest BCUT2D eigenvalue weighted by atomic mass is 9.78. The Labute approximate surface area is 115 Å². The Hall–Kier alpha value is -1.72. The van der Waals surface area contributed by atoms with E-state index in [1.165, 1.54) is 6.07 Å². The summed E-state index contributed by atoms with van der Waals surface area (Å²) in [4.78, 5) is 25.0. The highest BCUT2D eigenvalue weighted by atomic mass is 16.6. The van der Waals surface area contributed by atoms with E-state index in [0.717, 1.165) is 0 Å². The Morgan fingerprint density at radius 2 is 2.05 bits per heavy atom. The molecule has 0 spiro atoms. The second-order valence-corrected chi connectivity index (χ2v) is 5.92. The predicted molar refractivity (Wildman–Crippen MR) is 67.9 cm³/mol. The second kappa shape index (κ2) is 3.68. The second-order valence-electron chi connectivity index (χ2n) is 5.92. The standard InChI is InChI=1S/C15H14O5/c1-15(6-19-15)10-5-8-12(17)11-7(3-2-4-9(11)16)13(18)14(8)20-10/h2-4,8,10,14,16H,5-6H2,1H3. The van der Waals surface area contributed by atoms with Crippen LogP contribution >= 0.6 is 0 Å². The molecule has 20 heavy (non-hydrogen) atoms. The lowest BCUT2D eigenvalue weighted by Crippen LogP contribution is -2.38. The van der Waals surface area contributed by atoms with E-state index in [0.29, 0.717) is 13.0 Å². The third-order valence-corrected chi connectivity index (χ3v) is 4.57. The molecule has 2 saturated heterocycles. The molecule has 0 aromatic heterocycles. The lowest BCUT2D eigenvalue weighted by Gasteiger charge is -2.24. The number of fused-ring (bicyclic) bond motifs is 2. The molecule has 4 atom stereocenters. The number of Topliss-reactive ketones (excluding diaryl/α,β-unsaturated/α-hetero) is 2. The first-order chi connectivity index (χ1) is 9.51. The van der Waals surface area contributed by atoms with Gasteiger partial charge in [0.1, 0.15) is 17.5 Å². The van der Waals surface area contributed by atoms with Gasteiger partial charge in [0.25, 0.3) is 0 Å². The third kappa shape index (κ3) is 1.45. The number of carbonyl (C=O) groups excluding carboxylic acids is 2. The van der Waals surface area contributed by atoms with Gasteiger partial charge in [-0.25, -0.2) is 0 Å². The molecule has 104 valence electrons. The summed E-state index contributed by atoms with van der Waals surface area (Å²) >= 11 is 0. The summed E-state index contributed by atoms with van der Waals surface area (Å²) in [5.41, 5.74) is 0.0372. The first kappa shape index (κ1) is 12.1. The van der Waals surface area contributed by atoms with Crippen molar-refractivity contribution in [3.63, 3.8) is 0 Å². The van der Waals surface area contributed by atoms with Gasteiger partial charge in [-0.1, -0.05) is 12.1 Å². The van der Waals surface area contributed by atoms with Crippen LogP contribution in [0.3, 0.4) is 0 Å². The van der Waals surface area contributed by atoms with Gasteiger partial charge in [0.15, 0.2) is 11.6 Å². The van der Waals surface area contributed by atoms with E-state index in [2.05, 4.69) is 0 Å². The Bertz CT molecular complexity index is 631. The molecule has 2 heterocycles. The highest BCUT2D eigenvalue weighted by Crippen LogP contribution is 2.46. The van der Waals surface area contributed by atoms with Crippen molar-refractivity contribution in [2.24, 2.45) is 5.92 Å². The minimum atomic E-state index is -0.733. The van der Waals surface area contributed by atoms with Crippen LogP contribution in [0.4, 0.5) is 0 Å². The molecule has 0 saturated carbocycles. The van der Waals surface area contributed by atoms with E-state index in [1.807, 2.05) is 6.92 Å². The average molecular weight is 274 g/mol. The number of epoxide rings is 1. The summed E-state index contributed by atoms with van der Waals surface area (Å²) in [6.07, 6.45) is -0.496. The van der Waals surface area contributed by atoms with Crippen molar-refractivity contribution in [3.8, 4) is 5.75 Å². The Kier molecular flexibility index (Phi) is 2.22. The van der Waals surface area contributed by atoms with Crippen LogP contribution in [0.2, 0.25) is 0 Å². The number of carbonyl (C=O) groups is 2. The first-order valence-electron chi connectivity index (χ1n) is 6.71. The van der Waals surface area contributed by atoms with Crippen LogP contribution in [-0.4, -0.2) is 41.1 Å². The number of hydrogen-bond acceptors (Lipinski definition) is 5. The van der Waals surface area contributed by atoms with Gasteiger partial charge in [-0.2, -0.15) is 0 Å². The van der Waals surface area contributed by atoms with E-state index < -0.39 is 12.0 Å². The molecule has 1 aliphatic carbocycles. The van der Waals surface area contributed by atoms with E-state index in [9.17, 15) is 14.7 Å². The molecular weight excluding hydrogens is 260 g/mol. The zero-order valence-electron chi connectivity index (χ0n) is 11.0. The van der Waals surface area contributed by atoms with Gasteiger partial charge in [-0.15, -0.1) is 0 Å². The zero-order valence-corrected chi connectivity index (χ0v) is 11.0. The molecule has 4 rings (SSSR count). The number of ketones is 2. The van der Waals surface area contributed by atoms with E-state index in [4.69, 9.17) is 9.47 Å². The van der Waals surface area contributed by atoms with Crippen LogP contribution in [0.15, 0.2) is 18.2 Å². The number of phenolic OH excluding ortho intramolecular Hbond substituents is 1. The quantitative estimate of drug-likeness (QED) is 0.782. The average Bonchev–Trinajstić information content (AvgIpc) is 3.02. The summed E-state index contributed by atoms with van der Waals surface area (Å²) in [7, 11) is 0. The van der Waals surface area contributed by atoms with E-state index in [1.54, 1.807) is 12.1 Å². The van der Waals surface area contributed by atoms with Crippen molar-refractivity contribution in [1.82, 2.24) is 0 Å². The summed E-state index contributed by atoms with van der Waals surface area (Å²) in [6.45, 7) is 2.52. The Balaban J connectivity index is 1.76. The van der Waals surface area contributed by atoms with Gasteiger partial charge in [-0.3, -0.25) is 9.59 Å². The van der Waals surface area contributed by atoms with Crippen LogP contribution in [0.5, 0.6) is 5.75 Å². The van der Waals surface area contributed by atoms with Crippen molar-refractivity contribution < 1.29 is 24.2 Å². The van der Waals surface area contributed by atoms with Crippen LogP contribution in [-0.2, 0) is 9.47 Å². The monoisotopic (exact) mass is 274 g/mol. The smallest absolute Gasteiger partial charge is 0.193 e. The van der Waals surface area contributed by atoms with Crippen LogP contribution in [0.25, 0.3) is 0 Å². The van der Waals surface area contributed by atoms with Crippen LogP contribution < -0.4 is 0 Å². The number of hydrogen-bond donors (Lipinski definition) is 1. The number of rotatable bonds is 1. The highest BCUT2D eigenvalue weighted by molar-refractivity contribution is 6.18. The fourth-order valence-corrected chi connectivity index (χ4v) is 3.21. The molecule has 5 nitrogen and oxygen atoms in total. The van der Waals surface area contributed by atoms with Gasteiger partial charge in [0, 0.05) is 5.56 Å². The van der Waals surface area contributed by atoms with Crippen molar-refractivity contribution in [3.05, 3.63) is 29.3 Å². The summed E-state index contributed by atoms with van der Waals surface area (Å²) in [5, 5.41) is 9.86. The van der Waals surface area contributed by atoms with Gasteiger partial charge < -0.3 is 14.6 Å². The topological polar surface area (TPSA) is 76.1 Å². The summed E-state index contributed by atoms with van der Waals surface area (Å²) < 4.78 is 11.2. The van der Waals surface area contributed by atoms with Gasteiger partial charge in [-0.05, 0) is 19.4 Å². The molecule has 1 N–H and O–H groups in total. The molecule has 1 aromatic rings. The fraction of sp³-hybridized carbons (Fsp3) is 0.467. The molecule has 2 aliphatic heterocycles. The minimum absolute atomic E-state index is 0.128. The maximum absolute atomic E-state index is 12.5. The van der Waals surface area contributed by atoms with Crippen LogP contribution in [0.1, 0.15) is 34.1 Å². The molecule has 0 radical (unpaired) electrons. The molecular formula is C15H14O5. The predicted octanol–water partition coefficient (Wildman–Crippen LogP) is 1.33. The molecule has 3 aliphatic rings. The fourth-order valence-electron chi connectivity index (χ4n) is 3.21. The Morgan fingerprint density at radius 3 is 2.75 bits per heavy atom. The first-order valence-corrected chi connectivity index (χ1v) is 6.71. The number of ether oxygens (including phenoxy) is 2. The van der Waals surface area contributed by atoms with Gasteiger partial charge in [0.2, 0.25) is 0 Å². The van der Waals surface area contributed by atoms with Crippen molar-refractivity contribution in [1.29, 1.82) is 0 Å². The van der Waals surface area contributed by atoms with E-state index >= 15 is 0 Å². The third-order valence-electron chi connectivity index (χ3n) is 4.57. The number of phenols is 1. The number of benzene rings is 1. The SMILES string of the molecule is CC1(C2CC3C(=O)c4c(O)cccc4C(=O)C3O2)CO1. The molecule has 0 bridgehead atoms. The Morgan fingerprint density at radius 1 is 1.30 bits per heavy atom. The molecule has 4 unspecified atom stereocenters. The maximum Gasteiger partial charge on any atom is 0.193 e. The molecule has 5 heteroatoms. The highest BCUT2D eigenvalue weighted by Gasteiger charge is 2.58. The largest absolute Gasteiger partial charge is 0.507 e. The molecule has 1 aromatic carbocycles. The molecule has 0 amide bonds. The van der Waals surface area contributed by atoms with Crippen molar-refractivity contribution >= 4 is 11.6 Å². The summed E-state index contributed by atoms with van der Waals surface area (Å²) in [5.74, 6) is -1.05. The van der Waals surface area contributed by atoms with Gasteiger partial charge in [0.05, 0.1) is 24.2 Å². The van der Waals surface area contributed by atoms with Crippen LogP contribution in [0, 0.1) is 5.92 Å². The van der Waals surface area contributed by atoms with Gasteiger partial charge >= 0.3 is 0 Å². The minimum Gasteiger partial charge on any atom is -0.507 e. The summed E-state index contributed by atoms with van der Waals surface area (Å²) in [6, 6.07) is 4.57. The number of aromatic hydroxyl groups is 1. The maximum atomic E-state index is 12.5. The molecule has 2 fully saturated rings. The normalized spacial score (nSPS) is 38.5. The van der Waals surface area contributed by atoms with Crippen molar-refractivity contribution in [2.75, 3.05) is 6.61 Å².